The van der Waals surface area contributed by atoms with E-state index in [1.165, 1.54) is 4.57 Å². The van der Waals surface area contributed by atoms with Crippen LogP contribution in [0.15, 0.2) is 43.0 Å². The molecule has 5 rings (SSSR count). The minimum absolute atomic E-state index is 0.600. The molecule has 5 heteroatoms. The maximum atomic E-state index is 7.97. The monoisotopic (exact) mass is 265 g/mol. The minimum atomic E-state index is -2.29. The van der Waals surface area contributed by atoms with Gasteiger partial charge in [0.2, 0.25) is 5.65 Å². The summed E-state index contributed by atoms with van der Waals surface area (Å²) < 4.78 is 29.2. The highest BCUT2D eigenvalue weighted by molar-refractivity contribution is 5.82. The first-order valence-electron chi connectivity index (χ1n) is 7.90. The summed E-state index contributed by atoms with van der Waals surface area (Å²) >= 11 is 0. The van der Waals surface area contributed by atoms with Crippen LogP contribution in [-0.4, -0.2) is 19.1 Å². The van der Waals surface area contributed by atoms with Crippen molar-refractivity contribution in [3.63, 3.8) is 0 Å². The fraction of sp³-hybridized carbons (Fsp3) is 0.133. The number of aryl methyl sites for hydroxylation is 1. The standard InChI is InChI=1S/C15H12N5/c1-18-12-5-3-7-17-14(12)20-9-19-8-11-10(4-2-6-16-11)13(19)15(18)20/h2-7,9H,8H2,1H3/q+1/i1D3. The number of rotatable bonds is 0. The summed E-state index contributed by atoms with van der Waals surface area (Å²) in [5, 5.41) is 0. The number of hydrogen-bond acceptors (Lipinski definition) is 2. The molecular weight excluding hydrogens is 250 g/mol. The molecule has 0 aliphatic carbocycles. The first-order chi connectivity index (χ1) is 11.1. The topological polar surface area (TPSA) is 39.7 Å². The second-order valence-corrected chi connectivity index (χ2v) is 4.96. The van der Waals surface area contributed by atoms with Crippen LogP contribution in [0.2, 0.25) is 0 Å². The number of fused-ring (bicyclic) bond motifs is 7. The van der Waals surface area contributed by atoms with Gasteiger partial charge >= 0.3 is 0 Å². The normalized spacial score (nSPS) is 15.9. The van der Waals surface area contributed by atoms with E-state index in [2.05, 4.69) is 9.97 Å². The van der Waals surface area contributed by atoms with Crippen molar-refractivity contribution in [3.8, 4) is 11.3 Å². The minimum Gasteiger partial charge on any atom is -0.271 e. The molecule has 0 aromatic carbocycles. The van der Waals surface area contributed by atoms with Crippen LogP contribution < -0.4 is 4.40 Å². The van der Waals surface area contributed by atoms with Crippen molar-refractivity contribution in [1.82, 2.24) is 19.1 Å². The summed E-state index contributed by atoms with van der Waals surface area (Å²) in [6.07, 6.45) is 5.34. The van der Waals surface area contributed by atoms with Gasteiger partial charge in [0.05, 0.1) is 16.0 Å². The predicted octanol–water partition coefficient (Wildman–Crippen LogP) is 1.54. The summed E-state index contributed by atoms with van der Waals surface area (Å²) in [5.74, 6) is 0. The molecule has 4 aromatic rings. The lowest BCUT2D eigenvalue weighted by atomic mass is 10.2. The fourth-order valence-corrected chi connectivity index (χ4v) is 3.06. The van der Waals surface area contributed by atoms with Crippen LogP contribution in [0.3, 0.4) is 0 Å². The van der Waals surface area contributed by atoms with E-state index in [1.807, 2.05) is 27.4 Å². The molecule has 0 spiro atoms. The maximum absolute atomic E-state index is 7.97. The first-order valence-corrected chi connectivity index (χ1v) is 6.40. The van der Waals surface area contributed by atoms with Gasteiger partial charge in [-0.3, -0.25) is 14.1 Å². The Balaban J connectivity index is 2.02. The number of hydrogen-bond donors (Lipinski definition) is 0. The van der Waals surface area contributed by atoms with E-state index in [-0.39, 0.29) is 0 Å². The van der Waals surface area contributed by atoms with Gasteiger partial charge in [-0.05, 0) is 24.3 Å². The molecule has 0 N–H and O–H groups in total. The van der Waals surface area contributed by atoms with E-state index in [1.54, 1.807) is 24.5 Å². The van der Waals surface area contributed by atoms with E-state index in [0.717, 1.165) is 17.0 Å². The van der Waals surface area contributed by atoms with Crippen LogP contribution in [0.4, 0.5) is 0 Å². The molecule has 0 radical (unpaired) electrons. The first kappa shape index (κ1) is 7.79. The van der Waals surface area contributed by atoms with Gasteiger partial charge in [0.1, 0.15) is 6.54 Å². The zero-order valence-electron chi connectivity index (χ0n) is 13.5. The van der Waals surface area contributed by atoms with Gasteiger partial charge in [-0.15, -0.1) is 4.98 Å². The molecular formula is C15H12N5+. The van der Waals surface area contributed by atoms with E-state index >= 15 is 0 Å². The fourth-order valence-electron chi connectivity index (χ4n) is 3.06. The van der Waals surface area contributed by atoms with Crippen LogP contribution in [0.5, 0.6) is 0 Å². The molecule has 1 aliphatic heterocycles. The van der Waals surface area contributed by atoms with Crippen molar-refractivity contribution in [2.75, 3.05) is 0 Å². The van der Waals surface area contributed by atoms with Crippen molar-refractivity contribution in [2.24, 2.45) is 6.98 Å². The predicted molar refractivity (Wildman–Crippen MR) is 74.2 cm³/mol. The van der Waals surface area contributed by atoms with E-state index < -0.39 is 6.98 Å². The highest BCUT2D eigenvalue weighted by Crippen LogP contribution is 2.33. The molecule has 0 bridgehead atoms. The molecule has 0 unspecified atom stereocenters. The van der Waals surface area contributed by atoms with E-state index in [9.17, 15) is 0 Å². The van der Waals surface area contributed by atoms with Gasteiger partial charge in [-0.1, -0.05) is 0 Å². The van der Waals surface area contributed by atoms with Gasteiger partial charge in [-0.25, -0.2) is 0 Å². The van der Waals surface area contributed by atoms with E-state index in [4.69, 9.17) is 4.11 Å². The van der Waals surface area contributed by atoms with Crippen LogP contribution in [0.1, 0.15) is 9.81 Å². The third kappa shape index (κ3) is 1.02. The van der Waals surface area contributed by atoms with Crippen molar-refractivity contribution in [2.45, 2.75) is 6.54 Å². The maximum Gasteiger partial charge on any atom is 0.272 e. The van der Waals surface area contributed by atoms with Crippen LogP contribution in [0.25, 0.3) is 28.1 Å². The lowest BCUT2D eigenvalue weighted by Gasteiger charge is -1.95. The van der Waals surface area contributed by atoms with Gasteiger partial charge < -0.3 is 0 Å². The third-order valence-corrected chi connectivity index (χ3v) is 3.89. The summed E-state index contributed by atoms with van der Waals surface area (Å²) in [4.78, 5) is 8.78. The lowest BCUT2D eigenvalue weighted by Crippen LogP contribution is -2.18. The Morgan fingerprint density at radius 1 is 1.25 bits per heavy atom. The van der Waals surface area contributed by atoms with Crippen LogP contribution in [0, 0.1) is 0 Å². The molecule has 5 heterocycles. The average molecular weight is 265 g/mol. The largest absolute Gasteiger partial charge is 0.272 e. The summed E-state index contributed by atoms with van der Waals surface area (Å²) in [7, 11) is 0. The number of imidazole rings is 2. The molecule has 96 valence electrons. The molecule has 4 aromatic heterocycles. The van der Waals surface area contributed by atoms with Gasteiger partial charge in [0, 0.05) is 18.7 Å². The van der Waals surface area contributed by atoms with Crippen LogP contribution in [-0.2, 0) is 13.5 Å². The van der Waals surface area contributed by atoms with Gasteiger partial charge in [0.25, 0.3) is 5.65 Å². The van der Waals surface area contributed by atoms with Crippen molar-refractivity contribution in [1.29, 1.82) is 0 Å². The number of nitrogens with zero attached hydrogens (tertiary/aromatic N) is 5. The molecule has 0 amide bonds. The second-order valence-electron chi connectivity index (χ2n) is 4.96. The molecule has 20 heavy (non-hydrogen) atoms. The molecule has 5 nitrogen and oxygen atoms in total. The van der Waals surface area contributed by atoms with Gasteiger partial charge in [0.15, 0.2) is 17.5 Å². The molecule has 0 fully saturated rings. The highest BCUT2D eigenvalue weighted by atomic mass is 15.2. The van der Waals surface area contributed by atoms with Crippen molar-refractivity contribution >= 4 is 16.8 Å². The van der Waals surface area contributed by atoms with Crippen LogP contribution >= 0.6 is 0 Å². The molecule has 0 saturated heterocycles. The Bertz CT molecular complexity index is 1090. The lowest BCUT2D eigenvalue weighted by molar-refractivity contribution is -0.484. The molecule has 0 saturated carbocycles. The Hall–Kier alpha value is -2.69. The summed E-state index contributed by atoms with van der Waals surface area (Å²) in [6, 6.07) is 7.40. The second kappa shape index (κ2) is 3.25. The zero-order valence-corrected chi connectivity index (χ0v) is 10.5. The third-order valence-electron chi connectivity index (χ3n) is 3.89. The smallest absolute Gasteiger partial charge is 0.271 e. The Morgan fingerprint density at radius 3 is 3.10 bits per heavy atom. The van der Waals surface area contributed by atoms with Crippen molar-refractivity contribution in [3.05, 3.63) is 48.7 Å². The van der Waals surface area contributed by atoms with E-state index in [0.29, 0.717) is 23.4 Å². The highest BCUT2D eigenvalue weighted by Gasteiger charge is 2.31. The number of aromatic nitrogens is 5. The Kier molecular flexibility index (Phi) is 1.27. The Morgan fingerprint density at radius 2 is 2.15 bits per heavy atom. The van der Waals surface area contributed by atoms with Crippen molar-refractivity contribution < 1.29 is 8.51 Å². The zero-order chi connectivity index (χ0) is 15.8. The average Bonchev–Trinajstić information content (AvgIpc) is 3.12. The number of pyridine rings is 2. The summed E-state index contributed by atoms with van der Waals surface area (Å²) in [5.41, 5.74) is 4.69. The molecule has 0 atom stereocenters. The van der Waals surface area contributed by atoms with Gasteiger partial charge in [-0.2, -0.15) is 4.40 Å². The Labute approximate surface area is 119 Å². The SMILES string of the molecule is [2H]C([2H])([2H])n1c2cccnc2[n+]2cn3c(c12)-c1cccnc1C3. The summed E-state index contributed by atoms with van der Waals surface area (Å²) in [6.45, 7) is -1.65. The quantitative estimate of drug-likeness (QED) is 0.398. The molecule has 1 aliphatic rings.